The maximum Gasteiger partial charge on any atom is 0.434 e. The number of amides is 2. The summed E-state index contributed by atoms with van der Waals surface area (Å²) in [4.78, 5) is 44.6. The van der Waals surface area contributed by atoms with E-state index in [9.17, 15) is 32.7 Å². The minimum Gasteiger partial charge on any atom is -0.477 e. The number of fused-ring (bicyclic) bond motifs is 1. The minimum absolute atomic E-state index is 0.00796. The number of aromatic nitrogens is 3. The zero-order chi connectivity index (χ0) is 27.6. The van der Waals surface area contributed by atoms with Gasteiger partial charge in [0, 0.05) is 53.9 Å². The van der Waals surface area contributed by atoms with E-state index in [1.165, 1.54) is 24.5 Å². The summed E-state index contributed by atoms with van der Waals surface area (Å²) in [6, 6.07) is 5.51. The first kappa shape index (κ1) is 26.8. The summed E-state index contributed by atoms with van der Waals surface area (Å²) in [7, 11) is 0. The van der Waals surface area contributed by atoms with Crippen molar-refractivity contribution in [3.05, 3.63) is 63.5 Å². The first-order valence-electron chi connectivity index (χ1n) is 11.2. The summed E-state index contributed by atoms with van der Waals surface area (Å²) in [5, 5.41) is 15.5. The molecule has 10 nitrogen and oxygen atoms in total. The van der Waals surface area contributed by atoms with E-state index in [0.29, 0.717) is 23.2 Å². The monoisotopic (exact) mass is 546 g/mol. The van der Waals surface area contributed by atoms with E-state index < -0.39 is 34.9 Å². The molecule has 4 rings (SSSR count). The molecule has 0 spiro atoms. The number of nitrogens with zero attached hydrogens (tertiary/aromatic N) is 3. The number of carbonyl (C=O) groups excluding carboxylic acids is 1. The number of anilines is 1. The molecule has 0 fully saturated rings. The summed E-state index contributed by atoms with van der Waals surface area (Å²) in [6.07, 6.45) is -2.09. The van der Waals surface area contributed by atoms with Crippen LogP contribution in [0.15, 0.2) is 46.8 Å². The molecule has 5 N–H and O–H groups in total. The molecule has 0 bridgehead atoms. The van der Waals surface area contributed by atoms with E-state index in [0.717, 1.165) is 16.7 Å². The molecule has 38 heavy (non-hydrogen) atoms. The van der Waals surface area contributed by atoms with Gasteiger partial charge in [-0.15, -0.1) is 11.3 Å². The van der Waals surface area contributed by atoms with Crippen LogP contribution in [0.4, 0.5) is 23.8 Å². The average molecular weight is 547 g/mol. The number of hydrogen-bond donors (Lipinski definition) is 4. The van der Waals surface area contributed by atoms with Crippen molar-refractivity contribution in [2.45, 2.75) is 19.6 Å². The van der Waals surface area contributed by atoms with Crippen molar-refractivity contribution in [2.24, 2.45) is 5.73 Å². The molecule has 0 aliphatic carbocycles. The highest BCUT2D eigenvalue weighted by Crippen LogP contribution is 2.39. The lowest BCUT2D eigenvalue weighted by Crippen LogP contribution is -2.28. The Kier molecular flexibility index (Phi) is 7.46. The molecule has 0 aliphatic heterocycles. The third-order valence-corrected chi connectivity index (χ3v) is 6.38. The molecule has 0 saturated carbocycles. The fourth-order valence-electron chi connectivity index (χ4n) is 3.82. The third kappa shape index (κ3) is 5.35. The standard InChI is InChI=1S/C24H21F3N6O4S/c1-2-29-23(37)32-19-8-13(21-31-18(11-38-21)24(25,26)27)15(9-30-19)12-3-4-17-14(7-12)20(34)16(22(35)36)10-33(17)6-5-28/h3-4,7-11H,2,5-6,28H2,1H3,(H,35,36)(H2,29,30,32,37). The van der Waals surface area contributed by atoms with Crippen molar-refractivity contribution in [1.29, 1.82) is 0 Å². The molecule has 198 valence electrons. The molecule has 3 heterocycles. The summed E-state index contributed by atoms with van der Waals surface area (Å²) >= 11 is 0.754. The van der Waals surface area contributed by atoms with Crippen molar-refractivity contribution in [3.8, 4) is 21.7 Å². The van der Waals surface area contributed by atoms with Crippen molar-refractivity contribution >= 4 is 40.1 Å². The van der Waals surface area contributed by atoms with E-state index >= 15 is 0 Å². The summed E-state index contributed by atoms with van der Waals surface area (Å²) in [5.41, 5.74) is 4.77. The van der Waals surface area contributed by atoms with Crippen LogP contribution >= 0.6 is 11.3 Å². The molecule has 0 unspecified atom stereocenters. The number of aromatic carboxylic acids is 1. The number of carboxylic acid groups (broad SMARTS) is 1. The van der Waals surface area contributed by atoms with Crippen LogP contribution in [0.25, 0.3) is 32.6 Å². The van der Waals surface area contributed by atoms with Crippen molar-refractivity contribution in [2.75, 3.05) is 18.4 Å². The predicted molar refractivity (Wildman–Crippen MR) is 136 cm³/mol. The molecule has 0 atom stereocenters. The lowest BCUT2D eigenvalue weighted by Gasteiger charge is -2.14. The van der Waals surface area contributed by atoms with Gasteiger partial charge in [-0.3, -0.25) is 10.1 Å². The van der Waals surface area contributed by atoms with Gasteiger partial charge in [0.2, 0.25) is 5.43 Å². The van der Waals surface area contributed by atoms with Crippen LogP contribution in [0.3, 0.4) is 0 Å². The number of nitrogens with two attached hydrogens (primary N) is 1. The molecule has 4 aromatic rings. The quantitative estimate of drug-likeness (QED) is 0.273. The van der Waals surface area contributed by atoms with E-state index in [1.807, 2.05) is 0 Å². The molecule has 3 aromatic heterocycles. The lowest BCUT2D eigenvalue weighted by atomic mass is 9.99. The Morgan fingerprint density at radius 3 is 2.61 bits per heavy atom. The number of urea groups is 1. The van der Waals surface area contributed by atoms with E-state index in [1.54, 1.807) is 23.6 Å². The van der Waals surface area contributed by atoms with Crippen molar-refractivity contribution in [1.82, 2.24) is 19.9 Å². The smallest absolute Gasteiger partial charge is 0.434 e. The molecular weight excluding hydrogens is 525 g/mol. The topological polar surface area (TPSA) is 152 Å². The van der Waals surface area contributed by atoms with Crippen molar-refractivity contribution < 1.29 is 27.9 Å². The number of carbonyl (C=O) groups is 2. The second-order valence-electron chi connectivity index (χ2n) is 8.03. The fourth-order valence-corrected chi connectivity index (χ4v) is 4.68. The zero-order valence-electron chi connectivity index (χ0n) is 19.8. The van der Waals surface area contributed by atoms with Gasteiger partial charge in [0.15, 0.2) is 5.69 Å². The number of nitrogens with one attached hydrogen (secondary N) is 2. The van der Waals surface area contributed by atoms with Gasteiger partial charge in [0.1, 0.15) is 16.4 Å². The number of alkyl halides is 3. The number of carboxylic acids is 1. The maximum atomic E-state index is 13.3. The highest BCUT2D eigenvalue weighted by Gasteiger charge is 2.34. The Morgan fingerprint density at radius 2 is 1.97 bits per heavy atom. The van der Waals surface area contributed by atoms with Crippen molar-refractivity contribution in [3.63, 3.8) is 0 Å². The molecule has 2 amide bonds. The molecular formula is C24H21F3N6O4S. The third-order valence-electron chi connectivity index (χ3n) is 5.50. The first-order chi connectivity index (χ1) is 18.0. The van der Waals surface area contributed by atoms with Crippen LogP contribution in [0, 0.1) is 0 Å². The Labute approximate surface area is 217 Å². The largest absolute Gasteiger partial charge is 0.477 e. The van der Waals surface area contributed by atoms with Crippen LogP contribution in [-0.2, 0) is 12.7 Å². The lowest BCUT2D eigenvalue weighted by molar-refractivity contribution is -0.140. The van der Waals surface area contributed by atoms with Gasteiger partial charge in [-0.05, 0) is 30.7 Å². The number of thiazole rings is 1. The number of pyridine rings is 2. The number of benzene rings is 1. The maximum absolute atomic E-state index is 13.3. The Bertz CT molecular complexity index is 1600. The van der Waals surface area contributed by atoms with Gasteiger partial charge in [0.25, 0.3) is 0 Å². The molecule has 0 aliphatic rings. The Morgan fingerprint density at radius 1 is 1.21 bits per heavy atom. The summed E-state index contributed by atoms with van der Waals surface area (Å²) < 4.78 is 41.4. The van der Waals surface area contributed by atoms with Gasteiger partial charge >= 0.3 is 18.2 Å². The molecule has 0 saturated heterocycles. The molecule has 0 radical (unpaired) electrons. The summed E-state index contributed by atoms with van der Waals surface area (Å²) in [5.74, 6) is -1.34. The molecule has 1 aromatic carbocycles. The van der Waals surface area contributed by atoms with E-state index in [-0.39, 0.29) is 34.9 Å². The molecule has 14 heteroatoms. The minimum atomic E-state index is -4.66. The predicted octanol–water partition coefficient (Wildman–Crippen LogP) is 4.00. The van der Waals surface area contributed by atoms with Crippen LogP contribution in [0.1, 0.15) is 23.0 Å². The number of hydrogen-bond acceptors (Lipinski definition) is 7. The first-order valence-corrected chi connectivity index (χ1v) is 12.1. The highest BCUT2D eigenvalue weighted by molar-refractivity contribution is 7.13. The fraction of sp³-hybridized carbons (Fsp3) is 0.208. The van der Waals surface area contributed by atoms with E-state index in [2.05, 4.69) is 20.6 Å². The SMILES string of the molecule is CCNC(=O)Nc1cc(-c2nc(C(F)(F)F)cs2)c(-c2ccc3c(c2)c(=O)c(C(=O)O)cn3CCN)cn1. The van der Waals surface area contributed by atoms with Crippen LogP contribution in [0.5, 0.6) is 0 Å². The average Bonchev–Trinajstić information content (AvgIpc) is 3.37. The van der Waals surface area contributed by atoms with Gasteiger partial charge in [-0.1, -0.05) is 6.07 Å². The van der Waals surface area contributed by atoms with Gasteiger partial charge < -0.3 is 20.7 Å². The normalized spacial score (nSPS) is 11.5. The van der Waals surface area contributed by atoms with E-state index in [4.69, 9.17) is 5.73 Å². The Hall–Kier alpha value is -4.30. The number of halogens is 3. The van der Waals surface area contributed by atoms with Crippen LogP contribution in [0.2, 0.25) is 0 Å². The zero-order valence-corrected chi connectivity index (χ0v) is 20.6. The van der Waals surface area contributed by atoms with Gasteiger partial charge in [-0.25, -0.2) is 19.6 Å². The Balaban J connectivity index is 1.93. The van der Waals surface area contributed by atoms with Gasteiger partial charge in [-0.2, -0.15) is 13.2 Å². The second kappa shape index (κ2) is 10.6. The van der Waals surface area contributed by atoms with Gasteiger partial charge in [0.05, 0.1) is 5.52 Å². The number of rotatable bonds is 7. The van der Waals surface area contributed by atoms with Crippen LogP contribution < -0.4 is 21.8 Å². The highest BCUT2D eigenvalue weighted by atomic mass is 32.1. The van der Waals surface area contributed by atoms with Crippen LogP contribution in [-0.4, -0.2) is 44.7 Å². The summed E-state index contributed by atoms with van der Waals surface area (Å²) in [6.45, 7) is 2.50. The second-order valence-corrected chi connectivity index (χ2v) is 8.88.